The Bertz CT molecular complexity index is 1570. The van der Waals surface area contributed by atoms with Gasteiger partial charge in [0.05, 0.1) is 12.6 Å². The van der Waals surface area contributed by atoms with Crippen LogP contribution in [0, 0.1) is 12.3 Å². The largest absolute Gasteiger partial charge is 0.456 e. The molecular weight excluding hydrogens is 392 g/mol. The Labute approximate surface area is 188 Å². The third kappa shape index (κ3) is 2.74. The van der Waals surface area contributed by atoms with Crippen molar-refractivity contribution in [3.8, 4) is 22.8 Å². The highest BCUT2D eigenvalue weighted by Gasteiger charge is 2.31. The lowest BCUT2D eigenvalue weighted by Crippen LogP contribution is -2.33. The highest BCUT2D eigenvalue weighted by molar-refractivity contribution is 6.15. The fourth-order valence-electron chi connectivity index (χ4n) is 5.31. The van der Waals surface area contributed by atoms with E-state index in [4.69, 9.17) is 9.72 Å². The second kappa shape index (κ2) is 6.52. The van der Waals surface area contributed by atoms with E-state index < -0.39 is 0 Å². The molecule has 158 valence electrons. The predicted molar refractivity (Wildman–Crippen MR) is 131 cm³/mol. The molecule has 32 heavy (non-hydrogen) atoms. The molecule has 0 saturated heterocycles. The van der Waals surface area contributed by atoms with Gasteiger partial charge in [-0.25, -0.2) is 4.57 Å². The SMILES string of the molecule is Cc1c2c(cc3ccccc13)Oc1cc3cccc(CC(C)(C)C)c3c3nc[n+](C)c-2c13. The lowest BCUT2D eigenvalue weighted by Gasteiger charge is -2.24. The highest BCUT2D eigenvalue weighted by Crippen LogP contribution is 2.49. The molecule has 0 bridgehead atoms. The van der Waals surface area contributed by atoms with Crippen molar-refractivity contribution in [3.63, 3.8) is 0 Å². The molecule has 0 saturated carbocycles. The Morgan fingerprint density at radius 1 is 0.906 bits per heavy atom. The summed E-state index contributed by atoms with van der Waals surface area (Å²) < 4.78 is 8.73. The van der Waals surface area contributed by atoms with E-state index in [-0.39, 0.29) is 5.41 Å². The normalized spacial score (nSPS) is 12.9. The van der Waals surface area contributed by atoms with Gasteiger partial charge in [0.2, 0.25) is 0 Å². The molecule has 0 spiro atoms. The van der Waals surface area contributed by atoms with Crippen molar-refractivity contribution < 1.29 is 9.30 Å². The number of ether oxygens (including phenoxy) is 1. The van der Waals surface area contributed by atoms with Crippen LogP contribution in [0.2, 0.25) is 0 Å². The summed E-state index contributed by atoms with van der Waals surface area (Å²) in [4.78, 5) is 4.95. The summed E-state index contributed by atoms with van der Waals surface area (Å²) in [6.45, 7) is 9.07. The number of hydrogen-bond donors (Lipinski definition) is 0. The van der Waals surface area contributed by atoms with Crippen molar-refractivity contribution in [1.82, 2.24) is 4.98 Å². The van der Waals surface area contributed by atoms with Gasteiger partial charge in [0, 0.05) is 5.39 Å². The molecule has 1 aliphatic heterocycles. The maximum atomic E-state index is 6.59. The smallest absolute Gasteiger partial charge is 0.287 e. The number of nitrogens with zero attached hydrogens (tertiary/aromatic N) is 2. The Balaban J connectivity index is 1.77. The monoisotopic (exact) mass is 419 g/mol. The van der Waals surface area contributed by atoms with Gasteiger partial charge in [-0.3, -0.25) is 0 Å². The first-order chi connectivity index (χ1) is 15.3. The molecule has 5 aromatic rings. The Morgan fingerprint density at radius 3 is 2.47 bits per heavy atom. The van der Waals surface area contributed by atoms with E-state index in [1.165, 1.54) is 43.9 Å². The maximum Gasteiger partial charge on any atom is 0.287 e. The van der Waals surface area contributed by atoms with Crippen molar-refractivity contribution in [1.29, 1.82) is 0 Å². The van der Waals surface area contributed by atoms with Crippen LogP contribution in [0.4, 0.5) is 0 Å². The van der Waals surface area contributed by atoms with Gasteiger partial charge in [-0.2, -0.15) is 0 Å². The zero-order valence-corrected chi connectivity index (χ0v) is 19.3. The first-order valence-electron chi connectivity index (χ1n) is 11.3. The molecule has 0 unspecified atom stereocenters. The number of fused-ring (bicyclic) bond motifs is 5. The summed E-state index contributed by atoms with van der Waals surface area (Å²) in [6, 6.07) is 19.5. The average Bonchev–Trinajstić information content (AvgIpc) is 2.74. The summed E-state index contributed by atoms with van der Waals surface area (Å²) in [7, 11) is 2.08. The van der Waals surface area contributed by atoms with Crippen molar-refractivity contribution in [2.24, 2.45) is 12.5 Å². The highest BCUT2D eigenvalue weighted by atomic mass is 16.5. The van der Waals surface area contributed by atoms with Gasteiger partial charge >= 0.3 is 0 Å². The molecule has 0 atom stereocenters. The molecule has 1 aliphatic rings. The first-order valence-corrected chi connectivity index (χ1v) is 11.3. The van der Waals surface area contributed by atoms with Crippen LogP contribution in [0.25, 0.3) is 43.7 Å². The van der Waals surface area contributed by atoms with Gasteiger partial charge in [0.25, 0.3) is 6.33 Å². The van der Waals surface area contributed by atoms with E-state index in [0.717, 1.165) is 28.8 Å². The van der Waals surface area contributed by atoms with E-state index in [1.807, 2.05) is 6.33 Å². The number of benzene rings is 4. The quantitative estimate of drug-likeness (QED) is 0.211. The van der Waals surface area contributed by atoms with E-state index in [1.54, 1.807) is 0 Å². The Morgan fingerprint density at radius 2 is 1.66 bits per heavy atom. The zero-order valence-electron chi connectivity index (χ0n) is 19.3. The molecule has 0 N–H and O–H groups in total. The minimum absolute atomic E-state index is 0.192. The van der Waals surface area contributed by atoms with Gasteiger partial charge in [-0.05, 0) is 63.2 Å². The second-order valence-corrected chi connectivity index (χ2v) is 10.3. The lowest BCUT2D eigenvalue weighted by atomic mass is 9.85. The first kappa shape index (κ1) is 19.2. The van der Waals surface area contributed by atoms with Crippen LogP contribution in [-0.2, 0) is 13.5 Å². The van der Waals surface area contributed by atoms with Crippen LogP contribution in [0.5, 0.6) is 11.5 Å². The predicted octanol–water partition coefficient (Wildman–Crippen LogP) is 7.04. The topological polar surface area (TPSA) is 26.0 Å². The molecule has 4 aromatic carbocycles. The zero-order chi connectivity index (χ0) is 22.2. The van der Waals surface area contributed by atoms with Crippen molar-refractivity contribution >= 4 is 32.4 Å². The van der Waals surface area contributed by atoms with E-state index in [2.05, 4.69) is 93.9 Å². The molecule has 3 nitrogen and oxygen atoms in total. The molecular formula is C29H27N2O+. The van der Waals surface area contributed by atoms with E-state index in [0.29, 0.717) is 0 Å². The van der Waals surface area contributed by atoms with Crippen molar-refractivity contribution in [2.45, 2.75) is 34.1 Å². The fraction of sp³-hybridized carbons (Fsp3) is 0.241. The lowest BCUT2D eigenvalue weighted by molar-refractivity contribution is -0.662. The third-order valence-electron chi connectivity index (χ3n) is 6.59. The summed E-state index contributed by atoms with van der Waals surface area (Å²) in [6.07, 6.45) is 2.95. The second-order valence-electron chi connectivity index (χ2n) is 10.3. The molecule has 0 radical (unpaired) electrons. The van der Waals surface area contributed by atoms with Crippen LogP contribution in [0.1, 0.15) is 31.9 Å². The minimum atomic E-state index is 0.192. The van der Waals surface area contributed by atoms with Crippen molar-refractivity contribution in [3.05, 3.63) is 72.1 Å². The Kier molecular flexibility index (Phi) is 3.92. The fourth-order valence-corrected chi connectivity index (χ4v) is 5.31. The number of rotatable bonds is 1. The van der Waals surface area contributed by atoms with Crippen LogP contribution >= 0.6 is 0 Å². The van der Waals surface area contributed by atoms with Crippen molar-refractivity contribution in [2.75, 3.05) is 0 Å². The summed E-state index contributed by atoms with van der Waals surface area (Å²) in [5.74, 6) is 1.81. The van der Waals surface area contributed by atoms with Gasteiger partial charge in [-0.1, -0.05) is 63.2 Å². The average molecular weight is 420 g/mol. The molecule has 0 fully saturated rings. The molecule has 6 rings (SSSR count). The number of hydrogen-bond acceptors (Lipinski definition) is 2. The van der Waals surface area contributed by atoms with Gasteiger partial charge in [0.15, 0.2) is 11.2 Å². The maximum absolute atomic E-state index is 6.59. The molecule has 2 heterocycles. The summed E-state index contributed by atoms with van der Waals surface area (Å²) in [5.41, 5.74) is 6.16. The van der Waals surface area contributed by atoms with Gasteiger partial charge < -0.3 is 4.74 Å². The standard InChI is InChI=1S/C29H27N2O/c1-17-21-12-7-6-9-18(21)13-22-24(17)28-26-23(32-22)14-19-10-8-11-20(15-29(2,3)4)25(19)27(26)30-16-31(28)5/h6-14,16H,15H2,1-5H3/q+1. The molecule has 1 aromatic heterocycles. The van der Waals surface area contributed by atoms with E-state index in [9.17, 15) is 0 Å². The minimum Gasteiger partial charge on any atom is -0.456 e. The molecule has 3 heteroatoms. The summed E-state index contributed by atoms with van der Waals surface area (Å²) in [5, 5.41) is 6.00. The van der Waals surface area contributed by atoms with Gasteiger partial charge in [0.1, 0.15) is 16.9 Å². The van der Waals surface area contributed by atoms with Crippen LogP contribution < -0.4 is 9.30 Å². The summed E-state index contributed by atoms with van der Waals surface area (Å²) >= 11 is 0. The van der Waals surface area contributed by atoms with Crippen LogP contribution in [0.15, 0.2) is 60.9 Å². The van der Waals surface area contributed by atoms with Crippen LogP contribution in [0.3, 0.4) is 0 Å². The van der Waals surface area contributed by atoms with E-state index >= 15 is 0 Å². The number of aryl methyl sites for hydroxylation is 2. The third-order valence-corrected chi connectivity index (χ3v) is 6.59. The molecule has 0 aliphatic carbocycles. The Hall–Kier alpha value is -3.46. The van der Waals surface area contributed by atoms with Crippen LogP contribution in [-0.4, -0.2) is 4.98 Å². The molecule has 0 amide bonds. The number of aromatic nitrogens is 2. The van der Waals surface area contributed by atoms with Gasteiger partial charge in [-0.15, -0.1) is 0 Å².